The first-order valence-corrected chi connectivity index (χ1v) is 7.61. The van der Waals surface area contributed by atoms with E-state index in [1.54, 1.807) is 12.1 Å². The highest BCUT2D eigenvalue weighted by Gasteiger charge is 2.12. The average molecular weight is 336 g/mol. The van der Waals surface area contributed by atoms with Gasteiger partial charge in [-0.2, -0.15) is 0 Å². The lowest BCUT2D eigenvalue weighted by atomic mass is 9.92. The van der Waals surface area contributed by atoms with Gasteiger partial charge in [-0.1, -0.05) is 46.3 Å². The molecular weight excluding hydrogens is 317 g/mol. The van der Waals surface area contributed by atoms with Gasteiger partial charge in [0.25, 0.3) is 0 Å². The maximum absolute atomic E-state index is 13.4. The molecule has 1 nitrogen and oxygen atoms in total. The summed E-state index contributed by atoms with van der Waals surface area (Å²) in [4.78, 5) is 0. The molecule has 106 valence electrons. The second kappa shape index (κ2) is 7.55. The topological polar surface area (TPSA) is 12.0 Å². The molecule has 0 aliphatic rings. The van der Waals surface area contributed by atoms with Crippen LogP contribution in [0.1, 0.15) is 11.1 Å². The van der Waals surface area contributed by atoms with Crippen LogP contribution in [0.2, 0.25) is 0 Å². The number of nitrogens with one attached hydrogen (secondary N) is 1. The van der Waals surface area contributed by atoms with E-state index in [0.29, 0.717) is 5.92 Å². The normalized spacial score (nSPS) is 12.3. The van der Waals surface area contributed by atoms with Crippen LogP contribution < -0.4 is 5.32 Å². The lowest BCUT2D eigenvalue weighted by Gasteiger charge is -2.17. The minimum absolute atomic E-state index is 0.175. The molecule has 2 rings (SSSR count). The molecule has 0 fully saturated rings. The van der Waals surface area contributed by atoms with Gasteiger partial charge < -0.3 is 5.32 Å². The highest BCUT2D eigenvalue weighted by atomic mass is 79.9. The molecule has 0 heterocycles. The monoisotopic (exact) mass is 335 g/mol. The number of halogens is 2. The Kier molecular flexibility index (Phi) is 5.74. The fourth-order valence-electron chi connectivity index (χ4n) is 2.46. The summed E-state index contributed by atoms with van der Waals surface area (Å²) in [5, 5.41) is 3.23. The summed E-state index contributed by atoms with van der Waals surface area (Å²) in [6.45, 7) is 0.915. The minimum Gasteiger partial charge on any atom is -0.319 e. The van der Waals surface area contributed by atoms with Crippen LogP contribution in [0.25, 0.3) is 0 Å². The van der Waals surface area contributed by atoms with Gasteiger partial charge in [0.2, 0.25) is 0 Å². The van der Waals surface area contributed by atoms with Crippen molar-refractivity contribution >= 4 is 15.9 Å². The van der Waals surface area contributed by atoms with Gasteiger partial charge in [-0.15, -0.1) is 0 Å². The highest BCUT2D eigenvalue weighted by Crippen LogP contribution is 2.22. The predicted octanol–water partition coefficient (Wildman–Crippen LogP) is 4.21. The van der Waals surface area contributed by atoms with E-state index in [9.17, 15) is 4.39 Å². The third-order valence-electron chi connectivity index (χ3n) is 3.38. The summed E-state index contributed by atoms with van der Waals surface area (Å²) in [7, 11) is 1.96. The first-order valence-electron chi connectivity index (χ1n) is 6.81. The summed E-state index contributed by atoms with van der Waals surface area (Å²) in [6, 6.07) is 15.3. The van der Waals surface area contributed by atoms with Gasteiger partial charge in [-0.25, -0.2) is 4.39 Å². The van der Waals surface area contributed by atoms with Gasteiger partial charge in [0, 0.05) is 4.47 Å². The van der Waals surface area contributed by atoms with E-state index in [1.807, 2.05) is 13.1 Å². The Balaban J connectivity index is 2.11. The second-order valence-corrected chi connectivity index (χ2v) is 5.91. The SMILES string of the molecule is CNCC(Cc1ccccc1)Cc1cc(F)ccc1Br. The number of hydrogen-bond donors (Lipinski definition) is 1. The Bertz CT molecular complexity index is 542. The Morgan fingerprint density at radius 3 is 2.55 bits per heavy atom. The minimum atomic E-state index is -0.175. The second-order valence-electron chi connectivity index (χ2n) is 5.05. The number of hydrogen-bond acceptors (Lipinski definition) is 1. The van der Waals surface area contributed by atoms with Crippen LogP contribution in [0.3, 0.4) is 0 Å². The summed E-state index contributed by atoms with van der Waals surface area (Å²) in [5.41, 5.74) is 2.35. The van der Waals surface area contributed by atoms with E-state index in [1.165, 1.54) is 11.6 Å². The smallest absolute Gasteiger partial charge is 0.123 e. The van der Waals surface area contributed by atoms with Crippen molar-refractivity contribution in [2.24, 2.45) is 5.92 Å². The van der Waals surface area contributed by atoms with Gasteiger partial charge in [-0.3, -0.25) is 0 Å². The summed E-state index contributed by atoms with van der Waals surface area (Å²) >= 11 is 3.51. The molecule has 0 aliphatic carbocycles. The molecule has 0 bridgehead atoms. The molecule has 1 atom stereocenters. The van der Waals surface area contributed by atoms with Crippen LogP contribution in [0.4, 0.5) is 4.39 Å². The van der Waals surface area contributed by atoms with Crippen molar-refractivity contribution in [1.29, 1.82) is 0 Å². The molecule has 0 saturated carbocycles. The Morgan fingerprint density at radius 2 is 1.85 bits per heavy atom. The fraction of sp³-hybridized carbons (Fsp3) is 0.294. The lowest BCUT2D eigenvalue weighted by molar-refractivity contribution is 0.491. The van der Waals surface area contributed by atoms with Gasteiger partial charge in [0.15, 0.2) is 0 Å². The van der Waals surface area contributed by atoms with E-state index in [4.69, 9.17) is 0 Å². The molecule has 2 aromatic rings. The Morgan fingerprint density at radius 1 is 1.10 bits per heavy atom. The van der Waals surface area contributed by atoms with E-state index in [2.05, 4.69) is 45.5 Å². The van der Waals surface area contributed by atoms with Crippen molar-refractivity contribution in [3.63, 3.8) is 0 Å². The van der Waals surface area contributed by atoms with Crippen molar-refractivity contribution in [2.75, 3.05) is 13.6 Å². The van der Waals surface area contributed by atoms with Crippen LogP contribution in [0, 0.1) is 11.7 Å². The summed E-state index contributed by atoms with van der Waals surface area (Å²) in [5.74, 6) is 0.270. The first-order chi connectivity index (χ1) is 9.69. The molecule has 2 aromatic carbocycles. The standard InChI is InChI=1S/C17H19BrFN/c1-20-12-14(9-13-5-3-2-4-6-13)10-15-11-16(19)7-8-17(15)18/h2-8,11,14,20H,9-10,12H2,1H3. The van der Waals surface area contributed by atoms with Crippen LogP contribution in [-0.2, 0) is 12.8 Å². The quantitative estimate of drug-likeness (QED) is 0.833. The van der Waals surface area contributed by atoms with Crippen LogP contribution in [-0.4, -0.2) is 13.6 Å². The molecule has 0 amide bonds. The zero-order valence-corrected chi connectivity index (χ0v) is 13.2. The first kappa shape index (κ1) is 15.2. The molecule has 3 heteroatoms. The molecule has 0 radical (unpaired) electrons. The van der Waals surface area contributed by atoms with Gasteiger partial charge in [0.05, 0.1) is 0 Å². The molecule has 0 spiro atoms. The van der Waals surface area contributed by atoms with Crippen molar-refractivity contribution in [3.8, 4) is 0 Å². The molecule has 0 aliphatic heterocycles. The van der Waals surface area contributed by atoms with E-state index in [-0.39, 0.29) is 5.82 Å². The maximum atomic E-state index is 13.4. The van der Waals surface area contributed by atoms with Crippen molar-refractivity contribution < 1.29 is 4.39 Å². The number of benzene rings is 2. The molecule has 0 saturated heterocycles. The average Bonchev–Trinajstić information content (AvgIpc) is 2.44. The Hall–Kier alpha value is -1.19. The zero-order valence-electron chi connectivity index (χ0n) is 11.6. The van der Waals surface area contributed by atoms with E-state index in [0.717, 1.165) is 29.4 Å². The fourth-order valence-corrected chi connectivity index (χ4v) is 2.87. The lowest BCUT2D eigenvalue weighted by Crippen LogP contribution is -2.23. The molecule has 1 unspecified atom stereocenters. The van der Waals surface area contributed by atoms with Crippen LogP contribution in [0.15, 0.2) is 53.0 Å². The van der Waals surface area contributed by atoms with Crippen molar-refractivity contribution in [1.82, 2.24) is 5.32 Å². The zero-order chi connectivity index (χ0) is 14.4. The maximum Gasteiger partial charge on any atom is 0.123 e. The number of rotatable bonds is 6. The molecular formula is C17H19BrFN. The summed E-state index contributed by atoms with van der Waals surface area (Å²) in [6.07, 6.45) is 1.85. The van der Waals surface area contributed by atoms with Gasteiger partial charge in [-0.05, 0) is 61.7 Å². The van der Waals surface area contributed by atoms with Crippen molar-refractivity contribution in [3.05, 3.63) is 69.9 Å². The third-order valence-corrected chi connectivity index (χ3v) is 4.15. The third kappa shape index (κ3) is 4.43. The van der Waals surface area contributed by atoms with Gasteiger partial charge >= 0.3 is 0 Å². The van der Waals surface area contributed by atoms with Crippen LogP contribution in [0.5, 0.6) is 0 Å². The van der Waals surface area contributed by atoms with Crippen molar-refractivity contribution in [2.45, 2.75) is 12.8 Å². The predicted molar refractivity (Wildman–Crippen MR) is 85.4 cm³/mol. The molecule has 1 N–H and O–H groups in total. The molecule has 0 aromatic heterocycles. The van der Waals surface area contributed by atoms with E-state index < -0.39 is 0 Å². The Labute approximate surface area is 128 Å². The van der Waals surface area contributed by atoms with Crippen LogP contribution >= 0.6 is 15.9 Å². The van der Waals surface area contributed by atoms with Gasteiger partial charge in [0.1, 0.15) is 5.82 Å². The largest absolute Gasteiger partial charge is 0.319 e. The highest BCUT2D eigenvalue weighted by molar-refractivity contribution is 9.10. The van der Waals surface area contributed by atoms with E-state index >= 15 is 0 Å². The summed E-state index contributed by atoms with van der Waals surface area (Å²) < 4.78 is 14.4. The molecule has 20 heavy (non-hydrogen) atoms.